The molecule has 0 radical (unpaired) electrons. The van der Waals surface area contributed by atoms with Crippen LogP contribution in [0.2, 0.25) is 0 Å². The number of halogens is 1. The molecule has 0 amide bonds. The van der Waals surface area contributed by atoms with E-state index in [-0.39, 0.29) is 11.9 Å². The number of rotatable bonds is 4. The van der Waals surface area contributed by atoms with Gasteiger partial charge in [0.25, 0.3) is 0 Å². The van der Waals surface area contributed by atoms with Gasteiger partial charge in [-0.05, 0) is 25.8 Å². The van der Waals surface area contributed by atoms with Crippen LogP contribution >= 0.6 is 0 Å². The van der Waals surface area contributed by atoms with Gasteiger partial charge in [-0.15, -0.1) is 0 Å². The topological polar surface area (TPSA) is 47.3 Å². The molecular formula is C14H21FN2O. The number of nitrogens with one attached hydrogen (secondary N) is 1. The lowest BCUT2D eigenvalue weighted by atomic mass is 10.0. The summed E-state index contributed by atoms with van der Waals surface area (Å²) >= 11 is 0. The number of aryl methyl sites for hydroxylation is 1. The molecule has 3 N–H and O–H groups in total. The smallest absolute Gasteiger partial charge is 0.128 e. The van der Waals surface area contributed by atoms with Gasteiger partial charge in [0.2, 0.25) is 0 Å². The van der Waals surface area contributed by atoms with Crippen molar-refractivity contribution in [3.8, 4) is 0 Å². The highest BCUT2D eigenvalue weighted by Gasteiger charge is 2.16. The van der Waals surface area contributed by atoms with Crippen LogP contribution in [-0.4, -0.2) is 25.8 Å². The Morgan fingerprint density at radius 1 is 1.44 bits per heavy atom. The molecule has 1 aliphatic rings. The summed E-state index contributed by atoms with van der Waals surface area (Å²) in [5, 5.41) is 3.39. The molecule has 1 saturated heterocycles. The highest BCUT2D eigenvalue weighted by molar-refractivity contribution is 5.26. The van der Waals surface area contributed by atoms with E-state index in [0.717, 1.165) is 31.6 Å². The molecular weight excluding hydrogens is 231 g/mol. The van der Waals surface area contributed by atoms with Crippen LogP contribution in [-0.2, 0) is 4.74 Å². The number of hydrogen-bond acceptors (Lipinski definition) is 3. The van der Waals surface area contributed by atoms with E-state index >= 15 is 0 Å². The first-order chi connectivity index (χ1) is 8.66. The normalized spacial score (nSPS) is 18.8. The van der Waals surface area contributed by atoms with E-state index < -0.39 is 0 Å². The lowest BCUT2D eigenvalue weighted by molar-refractivity contribution is 0.0776. The van der Waals surface area contributed by atoms with Gasteiger partial charge in [-0.2, -0.15) is 0 Å². The summed E-state index contributed by atoms with van der Waals surface area (Å²) in [6.45, 7) is 4.14. The van der Waals surface area contributed by atoms with Crippen molar-refractivity contribution in [1.29, 1.82) is 0 Å². The number of benzene rings is 1. The molecule has 1 atom stereocenters. The zero-order valence-electron chi connectivity index (χ0n) is 10.8. The van der Waals surface area contributed by atoms with E-state index in [1.54, 1.807) is 6.07 Å². The van der Waals surface area contributed by atoms with E-state index in [2.05, 4.69) is 5.32 Å². The molecule has 1 unspecified atom stereocenters. The molecule has 0 aromatic heterocycles. The molecule has 1 aromatic rings. The molecule has 0 aliphatic carbocycles. The Kier molecular flexibility index (Phi) is 4.69. The Labute approximate surface area is 108 Å². The molecule has 0 saturated carbocycles. The van der Waals surface area contributed by atoms with Gasteiger partial charge in [0.05, 0.1) is 0 Å². The monoisotopic (exact) mass is 252 g/mol. The third-order valence-corrected chi connectivity index (χ3v) is 3.40. The first-order valence-electron chi connectivity index (χ1n) is 6.49. The van der Waals surface area contributed by atoms with Crippen LogP contribution in [0.25, 0.3) is 0 Å². The largest absolute Gasteiger partial charge is 0.381 e. The quantitative estimate of drug-likeness (QED) is 0.860. The van der Waals surface area contributed by atoms with Crippen molar-refractivity contribution in [1.82, 2.24) is 5.32 Å². The second-order valence-electron chi connectivity index (χ2n) is 4.93. The van der Waals surface area contributed by atoms with Gasteiger partial charge in [0, 0.05) is 37.4 Å². The maximum Gasteiger partial charge on any atom is 0.128 e. The molecule has 1 fully saturated rings. The van der Waals surface area contributed by atoms with Gasteiger partial charge >= 0.3 is 0 Å². The zero-order valence-corrected chi connectivity index (χ0v) is 10.8. The Morgan fingerprint density at radius 2 is 2.17 bits per heavy atom. The molecule has 2 rings (SSSR count). The summed E-state index contributed by atoms with van der Waals surface area (Å²) in [6.07, 6.45) is 2.01. The van der Waals surface area contributed by atoms with Crippen LogP contribution in [0.4, 0.5) is 4.39 Å². The van der Waals surface area contributed by atoms with Crippen LogP contribution in [0.3, 0.4) is 0 Å². The zero-order chi connectivity index (χ0) is 13.0. The third-order valence-electron chi connectivity index (χ3n) is 3.40. The van der Waals surface area contributed by atoms with E-state index in [0.29, 0.717) is 18.2 Å². The standard InChI is InChI=1S/C14H21FN2O/c1-10-2-3-13(15)12(8-10)14(16)9-17-11-4-6-18-7-5-11/h2-3,8,11,14,17H,4-7,9,16H2,1H3. The molecule has 1 aliphatic heterocycles. The molecule has 3 nitrogen and oxygen atoms in total. The van der Waals surface area contributed by atoms with Gasteiger partial charge in [-0.1, -0.05) is 17.7 Å². The van der Waals surface area contributed by atoms with Crippen LogP contribution in [0.1, 0.15) is 30.0 Å². The van der Waals surface area contributed by atoms with Gasteiger partial charge in [-0.25, -0.2) is 4.39 Å². The minimum Gasteiger partial charge on any atom is -0.381 e. The third kappa shape index (κ3) is 3.51. The molecule has 4 heteroatoms. The van der Waals surface area contributed by atoms with Crippen molar-refractivity contribution in [3.05, 3.63) is 35.1 Å². The Balaban J connectivity index is 1.90. The van der Waals surface area contributed by atoms with Gasteiger partial charge < -0.3 is 15.8 Å². The van der Waals surface area contributed by atoms with E-state index in [9.17, 15) is 4.39 Å². The van der Waals surface area contributed by atoms with E-state index in [1.165, 1.54) is 6.07 Å². The summed E-state index contributed by atoms with van der Waals surface area (Å²) in [6, 6.07) is 5.22. The van der Waals surface area contributed by atoms with Crippen molar-refractivity contribution >= 4 is 0 Å². The second kappa shape index (κ2) is 6.27. The van der Waals surface area contributed by atoms with Gasteiger partial charge in [0.1, 0.15) is 5.82 Å². The van der Waals surface area contributed by atoms with Crippen molar-refractivity contribution in [3.63, 3.8) is 0 Å². The van der Waals surface area contributed by atoms with E-state index in [1.807, 2.05) is 13.0 Å². The lowest BCUT2D eigenvalue weighted by Crippen LogP contribution is -2.39. The summed E-state index contributed by atoms with van der Waals surface area (Å²) in [7, 11) is 0. The van der Waals surface area contributed by atoms with Crippen molar-refractivity contribution < 1.29 is 9.13 Å². The van der Waals surface area contributed by atoms with Gasteiger partial charge in [0.15, 0.2) is 0 Å². The number of ether oxygens (including phenoxy) is 1. The second-order valence-corrected chi connectivity index (χ2v) is 4.93. The average Bonchev–Trinajstić information content (AvgIpc) is 2.40. The first-order valence-corrected chi connectivity index (χ1v) is 6.49. The first kappa shape index (κ1) is 13.5. The molecule has 100 valence electrons. The SMILES string of the molecule is Cc1ccc(F)c(C(N)CNC2CCOCC2)c1. The predicted molar refractivity (Wildman–Crippen MR) is 69.9 cm³/mol. The summed E-state index contributed by atoms with van der Waals surface area (Å²) in [5.74, 6) is -0.220. The molecule has 0 bridgehead atoms. The Hall–Kier alpha value is -0.970. The fourth-order valence-corrected chi connectivity index (χ4v) is 2.25. The summed E-state index contributed by atoms with van der Waals surface area (Å²) < 4.78 is 19.0. The highest BCUT2D eigenvalue weighted by Crippen LogP contribution is 2.17. The minimum absolute atomic E-state index is 0.220. The maximum atomic E-state index is 13.7. The number of nitrogens with two attached hydrogens (primary N) is 1. The molecule has 0 spiro atoms. The fraction of sp³-hybridized carbons (Fsp3) is 0.571. The minimum atomic E-state index is -0.298. The Bertz CT molecular complexity index is 391. The van der Waals surface area contributed by atoms with Crippen molar-refractivity contribution in [2.24, 2.45) is 5.73 Å². The summed E-state index contributed by atoms with van der Waals surface area (Å²) in [4.78, 5) is 0. The summed E-state index contributed by atoms with van der Waals surface area (Å²) in [5.41, 5.74) is 7.68. The van der Waals surface area contributed by atoms with Crippen molar-refractivity contribution in [2.45, 2.75) is 31.8 Å². The maximum absolute atomic E-state index is 13.7. The Morgan fingerprint density at radius 3 is 2.89 bits per heavy atom. The molecule has 1 aromatic carbocycles. The molecule has 1 heterocycles. The fourth-order valence-electron chi connectivity index (χ4n) is 2.25. The van der Waals surface area contributed by atoms with Gasteiger partial charge in [-0.3, -0.25) is 0 Å². The highest BCUT2D eigenvalue weighted by atomic mass is 19.1. The van der Waals surface area contributed by atoms with E-state index in [4.69, 9.17) is 10.5 Å². The average molecular weight is 252 g/mol. The van der Waals surface area contributed by atoms with Crippen LogP contribution in [0.15, 0.2) is 18.2 Å². The number of hydrogen-bond donors (Lipinski definition) is 2. The van der Waals surface area contributed by atoms with Crippen molar-refractivity contribution in [2.75, 3.05) is 19.8 Å². The predicted octanol–water partition coefficient (Wildman–Crippen LogP) is 1.90. The van der Waals surface area contributed by atoms with Crippen LogP contribution in [0.5, 0.6) is 0 Å². The molecule has 18 heavy (non-hydrogen) atoms. The lowest BCUT2D eigenvalue weighted by Gasteiger charge is -2.25. The van der Waals surface area contributed by atoms with Crippen LogP contribution < -0.4 is 11.1 Å². The van der Waals surface area contributed by atoms with Crippen LogP contribution in [0, 0.1) is 12.7 Å².